The molecule has 17 heavy (non-hydrogen) atoms. The zero-order chi connectivity index (χ0) is 13.0. The maximum absolute atomic E-state index is 11.8. The molecule has 0 saturated carbocycles. The van der Waals surface area contributed by atoms with Crippen molar-refractivity contribution in [1.29, 1.82) is 0 Å². The summed E-state index contributed by atoms with van der Waals surface area (Å²) in [6.45, 7) is 4.08. The lowest BCUT2D eigenvalue weighted by atomic mass is 10.1. The van der Waals surface area contributed by atoms with Crippen LogP contribution in [0.25, 0.3) is 0 Å². The molecule has 0 saturated heterocycles. The lowest BCUT2D eigenvalue weighted by Crippen LogP contribution is -2.34. The monoisotopic (exact) mass is 363 g/mol. The van der Waals surface area contributed by atoms with E-state index in [1.165, 1.54) is 0 Å². The molecule has 1 atom stereocenters. The van der Waals surface area contributed by atoms with Gasteiger partial charge in [-0.1, -0.05) is 45.7 Å². The van der Waals surface area contributed by atoms with Gasteiger partial charge in [0.2, 0.25) is 0 Å². The van der Waals surface area contributed by atoms with E-state index in [2.05, 4.69) is 37.2 Å². The third-order valence-electron chi connectivity index (χ3n) is 2.37. The van der Waals surface area contributed by atoms with Crippen molar-refractivity contribution in [2.45, 2.75) is 20.0 Å². The topological polar surface area (TPSA) is 49.3 Å². The van der Waals surface area contributed by atoms with Gasteiger partial charge >= 0.3 is 0 Å². The fourth-order valence-electron chi connectivity index (χ4n) is 1.22. The van der Waals surface area contributed by atoms with Crippen molar-refractivity contribution in [2.24, 2.45) is 5.92 Å². The first-order chi connectivity index (χ1) is 7.90. The Morgan fingerprint density at radius 1 is 1.29 bits per heavy atom. The van der Waals surface area contributed by atoms with Crippen molar-refractivity contribution < 1.29 is 9.90 Å². The average Bonchev–Trinajstić information content (AvgIpc) is 2.23. The summed E-state index contributed by atoms with van der Waals surface area (Å²) in [7, 11) is 0. The summed E-state index contributed by atoms with van der Waals surface area (Å²) >= 11 is 6.65. The third kappa shape index (κ3) is 4.77. The fourth-order valence-corrected chi connectivity index (χ4v) is 2.51. The highest BCUT2D eigenvalue weighted by Gasteiger charge is 2.12. The van der Waals surface area contributed by atoms with Gasteiger partial charge in [0, 0.05) is 21.1 Å². The van der Waals surface area contributed by atoms with Gasteiger partial charge in [-0.3, -0.25) is 4.79 Å². The number of halogens is 2. The molecule has 0 aliphatic rings. The summed E-state index contributed by atoms with van der Waals surface area (Å²) in [6, 6.07) is 5.34. The van der Waals surface area contributed by atoms with Gasteiger partial charge < -0.3 is 10.4 Å². The van der Waals surface area contributed by atoms with E-state index >= 15 is 0 Å². The molecule has 2 N–H and O–H groups in total. The Hall–Kier alpha value is -0.390. The zero-order valence-corrected chi connectivity index (χ0v) is 12.9. The van der Waals surface area contributed by atoms with Crippen molar-refractivity contribution in [2.75, 3.05) is 6.54 Å². The van der Waals surface area contributed by atoms with Crippen LogP contribution in [0, 0.1) is 5.92 Å². The summed E-state index contributed by atoms with van der Waals surface area (Å²) in [6.07, 6.45) is -0.519. The van der Waals surface area contributed by atoms with E-state index in [0.29, 0.717) is 5.56 Å². The second-order valence-electron chi connectivity index (χ2n) is 4.18. The predicted molar refractivity (Wildman–Crippen MR) is 75.0 cm³/mol. The first-order valence-electron chi connectivity index (χ1n) is 5.32. The second kappa shape index (κ2) is 6.52. The van der Waals surface area contributed by atoms with Crippen molar-refractivity contribution in [3.05, 3.63) is 32.7 Å². The highest BCUT2D eigenvalue weighted by atomic mass is 79.9. The summed E-state index contributed by atoms with van der Waals surface area (Å²) < 4.78 is 1.67. The lowest BCUT2D eigenvalue weighted by molar-refractivity contribution is 0.0871. The Bertz CT molecular complexity index is 387. The van der Waals surface area contributed by atoms with E-state index in [1.54, 1.807) is 12.1 Å². The SMILES string of the molecule is CC(C)C(O)CNC(=O)c1cc(Br)cc(Br)c1. The van der Waals surface area contributed by atoms with Crippen LogP contribution < -0.4 is 5.32 Å². The molecule has 1 aromatic carbocycles. The lowest BCUT2D eigenvalue weighted by Gasteiger charge is -2.15. The Morgan fingerprint density at radius 3 is 2.29 bits per heavy atom. The van der Waals surface area contributed by atoms with Gasteiger partial charge in [-0.25, -0.2) is 0 Å². The Labute approximate surface area is 118 Å². The van der Waals surface area contributed by atoms with Gasteiger partial charge in [-0.05, 0) is 24.1 Å². The number of carbonyl (C=O) groups is 1. The maximum Gasteiger partial charge on any atom is 0.251 e. The van der Waals surface area contributed by atoms with Gasteiger partial charge in [0.25, 0.3) is 5.91 Å². The van der Waals surface area contributed by atoms with Crippen molar-refractivity contribution >= 4 is 37.8 Å². The number of hydrogen-bond acceptors (Lipinski definition) is 2. The van der Waals surface area contributed by atoms with Crippen molar-refractivity contribution in [3.8, 4) is 0 Å². The van der Waals surface area contributed by atoms with Crippen LogP contribution in [0.1, 0.15) is 24.2 Å². The predicted octanol–water partition coefficient (Wildman–Crippen LogP) is 2.96. The van der Waals surface area contributed by atoms with Gasteiger partial charge in [-0.15, -0.1) is 0 Å². The number of aliphatic hydroxyl groups is 1. The zero-order valence-electron chi connectivity index (χ0n) is 9.71. The number of carbonyl (C=O) groups excluding carboxylic acids is 1. The highest BCUT2D eigenvalue weighted by molar-refractivity contribution is 9.11. The average molecular weight is 365 g/mol. The number of rotatable bonds is 4. The number of amides is 1. The number of nitrogens with one attached hydrogen (secondary N) is 1. The van der Waals surface area contributed by atoms with Crippen molar-refractivity contribution in [1.82, 2.24) is 5.32 Å². The first-order valence-corrected chi connectivity index (χ1v) is 6.91. The Balaban J connectivity index is 2.64. The smallest absolute Gasteiger partial charge is 0.251 e. The summed E-state index contributed by atoms with van der Waals surface area (Å²) in [5.41, 5.74) is 0.558. The normalized spacial score (nSPS) is 12.6. The quantitative estimate of drug-likeness (QED) is 0.862. The third-order valence-corrected chi connectivity index (χ3v) is 3.28. The molecule has 1 unspecified atom stereocenters. The van der Waals surface area contributed by atoms with Crippen LogP contribution in [0.15, 0.2) is 27.1 Å². The molecule has 0 radical (unpaired) electrons. The summed E-state index contributed by atoms with van der Waals surface area (Å²) in [4.78, 5) is 11.8. The van der Waals surface area contributed by atoms with Crippen molar-refractivity contribution in [3.63, 3.8) is 0 Å². The molecule has 1 amide bonds. The van der Waals surface area contributed by atoms with E-state index in [9.17, 15) is 9.90 Å². The number of hydrogen-bond donors (Lipinski definition) is 2. The van der Waals surface area contributed by atoms with Gasteiger partial charge in [-0.2, -0.15) is 0 Å². The van der Waals surface area contributed by atoms with E-state index in [0.717, 1.165) is 8.95 Å². The van der Waals surface area contributed by atoms with Gasteiger partial charge in [0.1, 0.15) is 0 Å². The maximum atomic E-state index is 11.8. The summed E-state index contributed by atoms with van der Waals surface area (Å²) in [5.74, 6) is -0.0590. The first kappa shape index (κ1) is 14.7. The van der Waals surface area contributed by atoms with E-state index in [4.69, 9.17) is 0 Å². The molecule has 5 heteroatoms. The van der Waals surface area contributed by atoms with Crippen LogP contribution in [0.3, 0.4) is 0 Å². The molecule has 0 aliphatic carbocycles. The molecule has 3 nitrogen and oxygen atoms in total. The fraction of sp³-hybridized carbons (Fsp3) is 0.417. The number of aliphatic hydroxyl groups excluding tert-OH is 1. The minimum Gasteiger partial charge on any atom is -0.391 e. The van der Waals surface area contributed by atoms with Crippen LogP contribution >= 0.6 is 31.9 Å². The molecule has 0 fully saturated rings. The van der Waals surface area contributed by atoms with Gasteiger partial charge in [0.05, 0.1) is 6.10 Å². The van der Waals surface area contributed by atoms with Crippen LogP contribution in [0.4, 0.5) is 0 Å². The molecule has 94 valence electrons. The van der Waals surface area contributed by atoms with Crippen LogP contribution in [-0.4, -0.2) is 23.7 Å². The Kier molecular flexibility index (Phi) is 5.62. The van der Waals surface area contributed by atoms with Crippen LogP contribution in [0.2, 0.25) is 0 Å². The number of benzene rings is 1. The van der Waals surface area contributed by atoms with E-state index in [1.807, 2.05) is 19.9 Å². The molecular formula is C12H15Br2NO2. The molecule has 1 rings (SSSR count). The Morgan fingerprint density at radius 2 is 1.82 bits per heavy atom. The highest BCUT2D eigenvalue weighted by Crippen LogP contribution is 2.20. The molecule has 0 aromatic heterocycles. The minimum atomic E-state index is -0.519. The molecule has 0 bridgehead atoms. The van der Waals surface area contributed by atoms with Gasteiger partial charge in [0.15, 0.2) is 0 Å². The van der Waals surface area contributed by atoms with Crippen LogP contribution in [-0.2, 0) is 0 Å². The second-order valence-corrected chi connectivity index (χ2v) is 6.01. The van der Waals surface area contributed by atoms with Crippen LogP contribution in [0.5, 0.6) is 0 Å². The molecule has 0 spiro atoms. The minimum absolute atomic E-state index is 0.129. The standard InChI is InChI=1S/C12H15Br2NO2/c1-7(2)11(16)6-15-12(17)8-3-9(13)5-10(14)4-8/h3-5,7,11,16H,6H2,1-2H3,(H,15,17). The van der Waals surface area contributed by atoms with E-state index < -0.39 is 6.10 Å². The molecule has 1 aromatic rings. The summed E-state index contributed by atoms with van der Waals surface area (Å²) in [5, 5.41) is 12.3. The largest absolute Gasteiger partial charge is 0.391 e. The molecule has 0 heterocycles. The molecule has 0 aliphatic heterocycles. The molecular weight excluding hydrogens is 350 g/mol. The van der Waals surface area contributed by atoms with E-state index in [-0.39, 0.29) is 18.4 Å².